The number of amides is 1. The minimum Gasteiger partial charge on any atom is -0.496 e. The maximum atomic E-state index is 11.4. The summed E-state index contributed by atoms with van der Waals surface area (Å²) in [5.41, 5.74) is 7.76. The van der Waals surface area contributed by atoms with Crippen LogP contribution in [0, 0.1) is 0 Å². The molecule has 1 atom stereocenters. The van der Waals surface area contributed by atoms with E-state index in [1.54, 1.807) is 7.11 Å². The normalized spacial score (nSPS) is 19.9. The Bertz CT molecular complexity index is 418. The first-order valence-electron chi connectivity index (χ1n) is 5.88. The molecule has 1 aromatic rings. The molecule has 92 valence electrons. The average molecular weight is 234 g/mol. The zero-order valence-electron chi connectivity index (χ0n) is 10.0. The molecular formula is C13H18N2O2. The van der Waals surface area contributed by atoms with Crippen molar-refractivity contribution in [3.8, 4) is 5.75 Å². The maximum absolute atomic E-state index is 11.4. The van der Waals surface area contributed by atoms with Crippen molar-refractivity contribution in [3.63, 3.8) is 0 Å². The lowest BCUT2D eigenvalue weighted by atomic mass is 9.88. The first kappa shape index (κ1) is 11.9. The van der Waals surface area contributed by atoms with E-state index in [0.717, 1.165) is 29.8 Å². The SMILES string of the molecule is COc1cc(CN)ccc1C1CCNC(=O)C1. The standard InChI is InChI=1S/C13H18N2O2/c1-17-12-6-9(8-14)2-3-11(12)10-4-5-15-13(16)7-10/h2-3,6,10H,4-5,7-8,14H2,1H3,(H,15,16). The molecule has 1 saturated heterocycles. The van der Waals surface area contributed by atoms with Crippen LogP contribution in [0.4, 0.5) is 0 Å². The highest BCUT2D eigenvalue weighted by Crippen LogP contribution is 2.33. The van der Waals surface area contributed by atoms with Crippen LogP contribution in [0.15, 0.2) is 18.2 Å². The van der Waals surface area contributed by atoms with E-state index in [-0.39, 0.29) is 11.8 Å². The van der Waals surface area contributed by atoms with Crippen molar-refractivity contribution in [2.45, 2.75) is 25.3 Å². The Morgan fingerprint density at radius 3 is 3.00 bits per heavy atom. The van der Waals surface area contributed by atoms with Gasteiger partial charge in [0.15, 0.2) is 0 Å². The smallest absolute Gasteiger partial charge is 0.220 e. The number of ether oxygens (including phenoxy) is 1. The van der Waals surface area contributed by atoms with Crippen molar-refractivity contribution in [1.82, 2.24) is 5.32 Å². The number of carbonyl (C=O) groups is 1. The fraction of sp³-hybridized carbons (Fsp3) is 0.462. The van der Waals surface area contributed by atoms with Crippen LogP contribution in [-0.4, -0.2) is 19.6 Å². The highest BCUT2D eigenvalue weighted by Gasteiger charge is 2.23. The third kappa shape index (κ3) is 2.58. The molecule has 1 heterocycles. The molecule has 2 rings (SSSR count). The Balaban J connectivity index is 2.27. The summed E-state index contributed by atoms with van der Waals surface area (Å²) >= 11 is 0. The van der Waals surface area contributed by atoms with Crippen LogP contribution in [0.25, 0.3) is 0 Å². The van der Waals surface area contributed by atoms with E-state index in [9.17, 15) is 4.79 Å². The lowest BCUT2D eigenvalue weighted by Crippen LogP contribution is -2.32. The molecule has 0 saturated carbocycles. The summed E-state index contributed by atoms with van der Waals surface area (Å²) in [6.45, 7) is 1.24. The van der Waals surface area contributed by atoms with Gasteiger partial charge in [-0.1, -0.05) is 12.1 Å². The number of piperidine rings is 1. The molecule has 1 aliphatic heterocycles. The molecule has 0 bridgehead atoms. The molecule has 4 heteroatoms. The van der Waals surface area contributed by atoms with Gasteiger partial charge in [0.25, 0.3) is 0 Å². The molecule has 0 aromatic heterocycles. The number of carbonyl (C=O) groups excluding carboxylic acids is 1. The summed E-state index contributed by atoms with van der Waals surface area (Å²) in [6, 6.07) is 6.00. The molecule has 17 heavy (non-hydrogen) atoms. The summed E-state index contributed by atoms with van der Waals surface area (Å²) < 4.78 is 5.39. The lowest BCUT2D eigenvalue weighted by Gasteiger charge is -2.24. The van der Waals surface area contributed by atoms with Gasteiger partial charge in [-0.15, -0.1) is 0 Å². The molecule has 1 amide bonds. The Labute approximate surface area is 101 Å². The molecule has 1 aliphatic rings. The van der Waals surface area contributed by atoms with Crippen LogP contribution < -0.4 is 15.8 Å². The number of methoxy groups -OCH3 is 1. The minimum atomic E-state index is 0.117. The number of hydrogen-bond acceptors (Lipinski definition) is 3. The summed E-state index contributed by atoms with van der Waals surface area (Å²) in [5, 5.41) is 2.84. The first-order chi connectivity index (χ1) is 8.24. The van der Waals surface area contributed by atoms with Gasteiger partial charge in [0.1, 0.15) is 5.75 Å². The molecule has 4 nitrogen and oxygen atoms in total. The number of nitrogens with one attached hydrogen (secondary N) is 1. The average Bonchev–Trinajstić information content (AvgIpc) is 2.38. The van der Waals surface area contributed by atoms with E-state index in [0.29, 0.717) is 13.0 Å². The highest BCUT2D eigenvalue weighted by molar-refractivity contribution is 5.77. The summed E-state index contributed by atoms with van der Waals surface area (Å²) in [6.07, 6.45) is 1.50. The number of benzene rings is 1. The zero-order valence-corrected chi connectivity index (χ0v) is 10.0. The van der Waals surface area contributed by atoms with Crippen LogP contribution in [0.2, 0.25) is 0 Å². The molecule has 0 aliphatic carbocycles. The van der Waals surface area contributed by atoms with Gasteiger partial charge < -0.3 is 15.8 Å². The topological polar surface area (TPSA) is 64.3 Å². The van der Waals surface area contributed by atoms with Gasteiger partial charge in [-0.25, -0.2) is 0 Å². The first-order valence-corrected chi connectivity index (χ1v) is 5.88. The van der Waals surface area contributed by atoms with E-state index in [1.807, 2.05) is 18.2 Å². The van der Waals surface area contributed by atoms with Crippen LogP contribution in [0.1, 0.15) is 29.9 Å². The predicted octanol–water partition coefficient (Wildman–Crippen LogP) is 1.15. The van der Waals surface area contributed by atoms with Crippen molar-refractivity contribution in [3.05, 3.63) is 29.3 Å². The second-order valence-corrected chi connectivity index (χ2v) is 4.32. The zero-order chi connectivity index (χ0) is 12.3. The van der Waals surface area contributed by atoms with E-state index >= 15 is 0 Å². The Morgan fingerprint density at radius 1 is 1.53 bits per heavy atom. The van der Waals surface area contributed by atoms with Crippen LogP contribution in [0.5, 0.6) is 5.75 Å². The van der Waals surface area contributed by atoms with Gasteiger partial charge in [0.2, 0.25) is 5.91 Å². The summed E-state index contributed by atoms with van der Waals surface area (Å²) in [5.74, 6) is 1.21. The van der Waals surface area contributed by atoms with E-state index < -0.39 is 0 Å². The van der Waals surface area contributed by atoms with Crippen molar-refractivity contribution in [2.75, 3.05) is 13.7 Å². The minimum absolute atomic E-state index is 0.117. The largest absolute Gasteiger partial charge is 0.496 e. The van der Waals surface area contributed by atoms with Crippen molar-refractivity contribution >= 4 is 5.91 Å². The van der Waals surface area contributed by atoms with Crippen LogP contribution in [-0.2, 0) is 11.3 Å². The third-order valence-corrected chi connectivity index (χ3v) is 3.22. The van der Waals surface area contributed by atoms with E-state index in [2.05, 4.69) is 5.32 Å². The Hall–Kier alpha value is -1.55. The monoisotopic (exact) mass is 234 g/mol. The highest BCUT2D eigenvalue weighted by atomic mass is 16.5. The third-order valence-electron chi connectivity index (χ3n) is 3.22. The van der Waals surface area contributed by atoms with Crippen molar-refractivity contribution in [2.24, 2.45) is 5.73 Å². The molecule has 1 unspecified atom stereocenters. The number of hydrogen-bond donors (Lipinski definition) is 2. The molecular weight excluding hydrogens is 216 g/mol. The van der Waals surface area contributed by atoms with Crippen LogP contribution >= 0.6 is 0 Å². The molecule has 0 spiro atoms. The van der Waals surface area contributed by atoms with Gasteiger partial charge in [0.05, 0.1) is 7.11 Å². The van der Waals surface area contributed by atoms with Crippen molar-refractivity contribution < 1.29 is 9.53 Å². The van der Waals surface area contributed by atoms with Crippen LogP contribution in [0.3, 0.4) is 0 Å². The predicted molar refractivity (Wildman–Crippen MR) is 65.9 cm³/mol. The fourth-order valence-corrected chi connectivity index (χ4v) is 2.27. The quantitative estimate of drug-likeness (QED) is 0.824. The number of nitrogens with two attached hydrogens (primary N) is 1. The van der Waals surface area contributed by atoms with Gasteiger partial charge in [-0.3, -0.25) is 4.79 Å². The summed E-state index contributed by atoms with van der Waals surface area (Å²) in [7, 11) is 1.65. The van der Waals surface area contributed by atoms with Gasteiger partial charge in [-0.2, -0.15) is 0 Å². The molecule has 1 fully saturated rings. The maximum Gasteiger partial charge on any atom is 0.220 e. The Morgan fingerprint density at radius 2 is 2.35 bits per heavy atom. The fourth-order valence-electron chi connectivity index (χ4n) is 2.27. The second kappa shape index (κ2) is 5.19. The number of rotatable bonds is 3. The van der Waals surface area contributed by atoms with Crippen molar-refractivity contribution in [1.29, 1.82) is 0 Å². The van der Waals surface area contributed by atoms with E-state index in [1.165, 1.54) is 0 Å². The van der Waals surface area contributed by atoms with Gasteiger partial charge >= 0.3 is 0 Å². The second-order valence-electron chi connectivity index (χ2n) is 4.32. The summed E-state index contributed by atoms with van der Waals surface area (Å²) in [4.78, 5) is 11.4. The van der Waals surface area contributed by atoms with Gasteiger partial charge in [0, 0.05) is 19.5 Å². The molecule has 3 N–H and O–H groups in total. The van der Waals surface area contributed by atoms with Gasteiger partial charge in [-0.05, 0) is 29.5 Å². The van der Waals surface area contributed by atoms with E-state index in [4.69, 9.17) is 10.5 Å². The Kier molecular flexibility index (Phi) is 3.64. The molecule has 0 radical (unpaired) electrons. The lowest BCUT2D eigenvalue weighted by molar-refractivity contribution is -0.122. The molecule has 1 aromatic carbocycles.